The van der Waals surface area contributed by atoms with Gasteiger partial charge in [-0.15, -0.1) is 0 Å². The molecule has 0 heterocycles. The van der Waals surface area contributed by atoms with E-state index >= 15 is 0 Å². The predicted molar refractivity (Wildman–Crippen MR) is 55.0 cm³/mol. The molecule has 0 aromatic heterocycles. The Labute approximate surface area is 89.2 Å². The molecule has 0 saturated carbocycles. The minimum Gasteiger partial charge on any atom is -0.467 e. The van der Waals surface area contributed by atoms with Gasteiger partial charge in [0.25, 0.3) is 0 Å². The molecule has 1 rings (SSSR count). The monoisotopic (exact) mass is 294 g/mol. The van der Waals surface area contributed by atoms with Crippen molar-refractivity contribution in [2.45, 2.75) is 6.17 Å². The molecule has 0 radical (unpaired) electrons. The van der Waals surface area contributed by atoms with Gasteiger partial charge in [-0.3, -0.25) is 0 Å². The number of alkyl halides is 1. The van der Waals surface area contributed by atoms with Crippen molar-refractivity contribution in [3.8, 4) is 0 Å². The number of benzene rings is 1. The first-order valence-corrected chi connectivity index (χ1v) is 4.71. The molecule has 2 nitrogen and oxygen atoms in total. The molecule has 0 bridgehead atoms. The molecule has 4 heteroatoms. The zero-order valence-corrected chi connectivity index (χ0v) is 9.12. The van der Waals surface area contributed by atoms with Crippen LogP contribution in [0.25, 0.3) is 0 Å². The maximum Gasteiger partial charge on any atom is 0.345 e. The van der Waals surface area contributed by atoms with E-state index in [1.54, 1.807) is 24.3 Å². The lowest BCUT2D eigenvalue weighted by Gasteiger charge is -2.07. The van der Waals surface area contributed by atoms with Crippen LogP contribution in [0.1, 0.15) is 11.7 Å². The Balaban J connectivity index is 2.95. The molecule has 1 aromatic carbocycles. The summed E-state index contributed by atoms with van der Waals surface area (Å²) in [5.41, 5.74) is 0.356. The molecule has 0 aliphatic rings. The van der Waals surface area contributed by atoms with Crippen LogP contribution < -0.4 is 0 Å². The minimum atomic E-state index is -1.68. The zero-order chi connectivity index (χ0) is 9.84. The number of hydrogen-bond donors (Lipinski definition) is 0. The maximum atomic E-state index is 13.3. The van der Waals surface area contributed by atoms with Crippen molar-refractivity contribution in [2.24, 2.45) is 0 Å². The van der Waals surface area contributed by atoms with Crippen molar-refractivity contribution in [2.75, 3.05) is 7.11 Å². The Morgan fingerprint density at radius 3 is 2.69 bits per heavy atom. The van der Waals surface area contributed by atoms with Gasteiger partial charge >= 0.3 is 5.97 Å². The van der Waals surface area contributed by atoms with Crippen molar-refractivity contribution in [1.29, 1.82) is 0 Å². The van der Waals surface area contributed by atoms with Crippen LogP contribution in [0.4, 0.5) is 4.39 Å². The van der Waals surface area contributed by atoms with Crippen molar-refractivity contribution >= 4 is 28.6 Å². The third-order valence-electron chi connectivity index (χ3n) is 1.59. The molecule has 1 unspecified atom stereocenters. The van der Waals surface area contributed by atoms with E-state index in [1.165, 1.54) is 7.11 Å². The zero-order valence-electron chi connectivity index (χ0n) is 6.96. The van der Waals surface area contributed by atoms with Crippen LogP contribution in [-0.2, 0) is 9.53 Å². The van der Waals surface area contributed by atoms with Crippen molar-refractivity contribution in [1.82, 2.24) is 0 Å². The van der Waals surface area contributed by atoms with Crippen LogP contribution in [0.15, 0.2) is 24.3 Å². The van der Waals surface area contributed by atoms with Crippen LogP contribution in [-0.4, -0.2) is 13.1 Å². The van der Waals surface area contributed by atoms with Crippen molar-refractivity contribution in [3.63, 3.8) is 0 Å². The van der Waals surface area contributed by atoms with Gasteiger partial charge in [-0.25, -0.2) is 9.18 Å². The molecular weight excluding hydrogens is 286 g/mol. The van der Waals surface area contributed by atoms with Crippen LogP contribution >= 0.6 is 22.6 Å². The molecule has 13 heavy (non-hydrogen) atoms. The number of carbonyl (C=O) groups is 1. The summed E-state index contributed by atoms with van der Waals surface area (Å²) in [7, 11) is 1.17. The normalized spacial score (nSPS) is 12.2. The largest absolute Gasteiger partial charge is 0.467 e. The van der Waals surface area contributed by atoms with Crippen LogP contribution in [0.3, 0.4) is 0 Å². The van der Waals surface area contributed by atoms with Gasteiger partial charge in [-0.1, -0.05) is 18.2 Å². The van der Waals surface area contributed by atoms with E-state index in [2.05, 4.69) is 4.74 Å². The summed E-state index contributed by atoms with van der Waals surface area (Å²) >= 11 is 1.98. The summed E-state index contributed by atoms with van der Waals surface area (Å²) in [6, 6.07) is 6.79. The summed E-state index contributed by atoms with van der Waals surface area (Å²) in [5, 5.41) is 0. The van der Waals surface area contributed by atoms with Gasteiger partial charge in [0.15, 0.2) is 0 Å². The second-order valence-corrected chi connectivity index (χ2v) is 3.57. The van der Waals surface area contributed by atoms with E-state index in [0.717, 1.165) is 3.57 Å². The van der Waals surface area contributed by atoms with E-state index < -0.39 is 12.1 Å². The number of halogens is 2. The summed E-state index contributed by atoms with van der Waals surface area (Å²) in [6.07, 6.45) is -1.68. The standard InChI is InChI=1S/C9H8FIO2/c1-13-9(12)8(10)6-4-2-3-5-7(6)11/h2-5,8H,1H3. The fraction of sp³-hybridized carbons (Fsp3) is 0.222. The average molecular weight is 294 g/mol. The van der Waals surface area contributed by atoms with Crippen LogP contribution in [0.5, 0.6) is 0 Å². The lowest BCUT2D eigenvalue weighted by Crippen LogP contribution is -2.10. The third-order valence-corrected chi connectivity index (χ3v) is 2.57. The Morgan fingerprint density at radius 1 is 1.54 bits per heavy atom. The lowest BCUT2D eigenvalue weighted by atomic mass is 10.1. The molecule has 0 saturated heterocycles. The number of methoxy groups -OCH3 is 1. The number of hydrogen-bond acceptors (Lipinski definition) is 2. The smallest absolute Gasteiger partial charge is 0.345 e. The Morgan fingerprint density at radius 2 is 2.15 bits per heavy atom. The quantitative estimate of drug-likeness (QED) is 0.619. The molecule has 0 spiro atoms. The van der Waals surface area contributed by atoms with E-state index in [1.807, 2.05) is 22.6 Å². The van der Waals surface area contributed by atoms with E-state index in [9.17, 15) is 9.18 Å². The topological polar surface area (TPSA) is 26.3 Å². The van der Waals surface area contributed by atoms with E-state index in [4.69, 9.17) is 0 Å². The van der Waals surface area contributed by atoms with Gasteiger partial charge in [0.2, 0.25) is 6.17 Å². The van der Waals surface area contributed by atoms with Gasteiger partial charge < -0.3 is 4.74 Å². The first-order chi connectivity index (χ1) is 6.16. The van der Waals surface area contributed by atoms with Gasteiger partial charge in [0.05, 0.1) is 7.11 Å². The molecule has 0 aliphatic heterocycles. The number of carbonyl (C=O) groups excluding carboxylic acids is 1. The van der Waals surface area contributed by atoms with Crippen LogP contribution in [0, 0.1) is 3.57 Å². The number of ether oxygens (including phenoxy) is 1. The van der Waals surface area contributed by atoms with Crippen molar-refractivity contribution < 1.29 is 13.9 Å². The number of rotatable bonds is 2. The fourth-order valence-electron chi connectivity index (χ4n) is 0.911. The summed E-state index contributed by atoms with van der Waals surface area (Å²) in [5.74, 6) is -0.857. The highest BCUT2D eigenvalue weighted by atomic mass is 127. The highest BCUT2D eigenvalue weighted by molar-refractivity contribution is 14.1. The molecule has 0 fully saturated rings. The second-order valence-electron chi connectivity index (χ2n) is 2.41. The Kier molecular flexibility index (Phi) is 3.65. The molecule has 1 atom stereocenters. The molecule has 0 aliphatic carbocycles. The first kappa shape index (κ1) is 10.4. The van der Waals surface area contributed by atoms with Gasteiger partial charge in [0.1, 0.15) is 0 Å². The predicted octanol–water partition coefficient (Wildman–Crippen LogP) is 2.47. The van der Waals surface area contributed by atoms with Gasteiger partial charge in [-0.05, 0) is 28.7 Å². The molecule has 0 amide bonds. The van der Waals surface area contributed by atoms with Crippen LogP contribution in [0.2, 0.25) is 0 Å². The molecule has 1 aromatic rings. The molecular formula is C9H8FIO2. The van der Waals surface area contributed by atoms with Crippen molar-refractivity contribution in [3.05, 3.63) is 33.4 Å². The Bertz CT molecular complexity index is 314. The fourth-order valence-corrected chi connectivity index (χ4v) is 1.57. The number of esters is 1. The maximum absolute atomic E-state index is 13.3. The SMILES string of the molecule is COC(=O)C(F)c1ccccc1I. The second kappa shape index (κ2) is 4.55. The summed E-state index contributed by atoms with van der Waals surface area (Å²) in [6.45, 7) is 0. The Hall–Kier alpha value is -0.650. The van der Waals surface area contributed by atoms with Gasteiger partial charge in [-0.2, -0.15) is 0 Å². The molecule has 0 N–H and O–H groups in total. The van der Waals surface area contributed by atoms with E-state index in [0.29, 0.717) is 5.56 Å². The highest BCUT2D eigenvalue weighted by Crippen LogP contribution is 2.23. The highest BCUT2D eigenvalue weighted by Gasteiger charge is 2.21. The average Bonchev–Trinajstić information content (AvgIpc) is 2.16. The first-order valence-electron chi connectivity index (χ1n) is 3.63. The minimum absolute atomic E-state index is 0.356. The van der Waals surface area contributed by atoms with Gasteiger partial charge in [0, 0.05) is 9.13 Å². The lowest BCUT2D eigenvalue weighted by molar-refractivity contribution is -0.146. The van der Waals surface area contributed by atoms with E-state index in [-0.39, 0.29) is 0 Å². The summed E-state index contributed by atoms with van der Waals surface area (Å²) in [4.78, 5) is 10.9. The third kappa shape index (κ3) is 2.40. The molecule has 70 valence electrons. The summed E-state index contributed by atoms with van der Waals surface area (Å²) < 4.78 is 18.3.